The maximum Gasteiger partial charge on any atom is 0.254 e. The van der Waals surface area contributed by atoms with E-state index in [0.717, 1.165) is 28.1 Å². The number of anilines is 1. The van der Waals surface area contributed by atoms with Crippen LogP contribution in [-0.4, -0.2) is 11.7 Å². The molecular formula is C27H24N2O2. The monoisotopic (exact) mass is 408 g/mol. The predicted octanol–water partition coefficient (Wildman–Crippen LogP) is 4.88. The molecule has 1 saturated carbocycles. The number of allylic oxidation sites excluding steroid dienone is 1. The van der Waals surface area contributed by atoms with Gasteiger partial charge < -0.3 is 10.2 Å². The summed E-state index contributed by atoms with van der Waals surface area (Å²) < 4.78 is 0. The van der Waals surface area contributed by atoms with Crippen LogP contribution in [-0.2, 0) is 16.1 Å². The van der Waals surface area contributed by atoms with Crippen molar-refractivity contribution in [1.82, 2.24) is 5.32 Å². The number of nitrogens with zero attached hydrogens (tertiary/aromatic N) is 1. The van der Waals surface area contributed by atoms with Gasteiger partial charge in [0.1, 0.15) is 5.78 Å². The number of hydrogen-bond acceptors (Lipinski definition) is 3. The molecule has 1 heterocycles. The average Bonchev–Trinajstić information content (AvgIpc) is 3.54. The van der Waals surface area contributed by atoms with Crippen molar-refractivity contribution in [2.45, 2.75) is 25.9 Å². The van der Waals surface area contributed by atoms with E-state index in [9.17, 15) is 9.59 Å². The molecule has 1 N–H and O–H groups in total. The number of fused-ring (bicyclic) bond motifs is 1. The average molecular weight is 409 g/mol. The Kier molecular flexibility index (Phi) is 4.91. The molecule has 1 amide bonds. The summed E-state index contributed by atoms with van der Waals surface area (Å²) in [6, 6.07) is 27.7. The summed E-state index contributed by atoms with van der Waals surface area (Å²) in [6.45, 7) is 2.71. The van der Waals surface area contributed by atoms with E-state index in [4.69, 9.17) is 0 Å². The highest BCUT2D eigenvalue weighted by Gasteiger charge is 2.43. The molecule has 31 heavy (non-hydrogen) atoms. The van der Waals surface area contributed by atoms with Crippen molar-refractivity contribution in [3.63, 3.8) is 0 Å². The van der Waals surface area contributed by atoms with E-state index < -0.39 is 0 Å². The van der Waals surface area contributed by atoms with Gasteiger partial charge in [-0.2, -0.15) is 0 Å². The number of para-hydroxylation sites is 1. The van der Waals surface area contributed by atoms with Gasteiger partial charge in [0.15, 0.2) is 0 Å². The third-order valence-electron chi connectivity index (χ3n) is 6.20. The molecule has 2 atom stereocenters. The Hall–Kier alpha value is -3.66. The Balaban J connectivity index is 1.54. The fraction of sp³-hybridized carbons (Fsp3) is 0.185. The first-order valence-electron chi connectivity index (χ1n) is 10.6. The molecule has 5 rings (SSSR count). The zero-order valence-corrected chi connectivity index (χ0v) is 17.4. The van der Waals surface area contributed by atoms with Gasteiger partial charge in [0.25, 0.3) is 5.91 Å². The van der Waals surface area contributed by atoms with Crippen LogP contribution in [0.3, 0.4) is 0 Å². The third-order valence-corrected chi connectivity index (χ3v) is 6.20. The second kappa shape index (κ2) is 7.88. The van der Waals surface area contributed by atoms with Crippen LogP contribution >= 0.6 is 0 Å². The smallest absolute Gasteiger partial charge is 0.254 e. The lowest BCUT2D eigenvalue weighted by atomic mass is 9.92. The molecule has 0 saturated heterocycles. The number of Topliss-reactive ketones (excluding diaryl/α,β-unsaturated/α-hetero) is 1. The topological polar surface area (TPSA) is 49.4 Å². The van der Waals surface area contributed by atoms with Crippen LogP contribution in [0, 0.1) is 5.92 Å². The predicted molar refractivity (Wildman–Crippen MR) is 122 cm³/mol. The van der Waals surface area contributed by atoms with Gasteiger partial charge in [0, 0.05) is 30.3 Å². The van der Waals surface area contributed by atoms with Crippen molar-refractivity contribution in [2.75, 3.05) is 4.90 Å². The molecule has 3 aromatic carbocycles. The summed E-state index contributed by atoms with van der Waals surface area (Å²) in [5.41, 5.74) is 5.67. The molecule has 1 aliphatic heterocycles. The van der Waals surface area contributed by atoms with E-state index >= 15 is 0 Å². The maximum absolute atomic E-state index is 13.7. The fourth-order valence-electron chi connectivity index (χ4n) is 4.45. The summed E-state index contributed by atoms with van der Waals surface area (Å²) in [7, 11) is 0. The number of ketones is 1. The van der Waals surface area contributed by atoms with Crippen molar-refractivity contribution in [3.8, 4) is 0 Å². The number of carbonyl (C=O) groups is 2. The Morgan fingerprint density at radius 3 is 2.23 bits per heavy atom. The molecule has 0 bridgehead atoms. The Labute approximate surface area is 182 Å². The zero-order chi connectivity index (χ0) is 21.4. The SMILES string of the molecule is CC1=C(C(=O)N[C@H](c2ccccc2)C2CC2=O)c2ccccc2CN1c1ccccc1. The highest BCUT2D eigenvalue weighted by molar-refractivity contribution is 6.22. The number of amides is 1. The summed E-state index contributed by atoms with van der Waals surface area (Å²) >= 11 is 0. The van der Waals surface area contributed by atoms with Gasteiger partial charge in [0.05, 0.1) is 11.6 Å². The standard InChI is InChI=1S/C27H24N2O2/c1-18-25(27(31)28-26(23-16-24(23)30)19-10-4-2-5-11-19)22-15-9-8-12-20(22)17-29(18)21-13-6-3-7-14-21/h2-15,23,26H,16-17H2,1H3,(H,28,31)/t23?,26-/m1/s1. The molecule has 1 aliphatic carbocycles. The minimum Gasteiger partial charge on any atom is -0.344 e. The van der Waals surface area contributed by atoms with Crippen LogP contribution in [0.4, 0.5) is 5.69 Å². The van der Waals surface area contributed by atoms with Gasteiger partial charge in [-0.25, -0.2) is 0 Å². The largest absolute Gasteiger partial charge is 0.344 e. The van der Waals surface area contributed by atoms with Crippen molar-refractivity contribution in [2.24, 2.45) is 5.92 Å². The minimum atomic E-state index is -0.305. The number of rotatable bonds is 5. The third kappa shape index (κ3) is 3.66. The van der Waals surface area contributed by atoms with Gasteiger partial charge in [-0.15, -0.1) is 0 Å². The first-order valence-corrected chi connectivity index (χ1v) is 10.6. The van der Waals surface area contributed by atoms with Crippen molar-refractivity contribution >= 4 is 23.0 Å². The van der Waals surface area contributed by atoms with E-state index in [1.54, 1.807) is 0 Å². The number of hydrogen-bond donors (Lipinski definition) is 1. The minimum absolute atomic E-state index is 0.140. The molecular weight excluding hydrogens is 384 g/mol. The summed E-state index contributed by atoms with van der Waals surface area (Å²) in [6.07, 6.45) is 0.518. The number of benzene rings is 3. The van der Waals surface area contributed by atoms with Crippen molar-refractivity contribution in [1.29, 1.82) is 0 Å². The fourth-order valence-corrected chi connectivity index (χ4v) is 4.45. The molecule has 4 nitrogen and oxygen atoms in total. The van der Waals surface area contributed by atoms with E-state index in [0.29, 0.717) is 18.5 Å². The van der Waals surface area contributed by atoms with E-state index in [1.807, 2.05) is 73.7 Å². The van der Waals surface area contributed by atoms with Crippen LogP contribution in [0.15, 0.2) is 90.6 Å². The second-order valence-electron chi connectivity index (χ2n) is 8.18. The summed E-state index contributed by atoms with van der Waals surface area (Å²) in [5, 5.41) is 3.19. The van der Waals surface area contributed by atoms with Crippen LogP contribution in [0.25, 0.3) is 5.57 Å². The lowest BCUT2D eigenvalue weighted by molar-refractivity contribution is -0.116. The maximum atomic E-state index is 13.7. The van der Waals surface area contributed by atoms with Gasteiger partial charge >= 0.3 is 0 Å². The lowest BCUT2D eigenvalue weighted by Gasteiger charge is -2.34. The van der Waals surface area contributed by atoms with Crippen LogP contribution in [0.1, 0.15) is 36.1 Å². The van der Waals surface area contributed by atoms with E-state index in [-0.39, 0.29) is 23.7 Å². The van der Waals surface area contributed by atoms with Crippen LogP contribution < -0.4 is 10.2 Å². The molecule has 154 valence electrons. The molecule has 3 aromatic rings. The van der Waals surface area contributed by atoms with E-state index in [1.165, 1.54) is 0 Å². The Morgan fingerprint density at radius 1 is 0.935 bits per heavy atom. The van der Waals surface area contributed by atoms with Crippen molar-refractivity contribution in [3.05, 3.63) is 107 Å². The van der Waals surface area contributed by atoms with E-state index in [2.05, 4.69) is 28.4 Å². The molecule has 0 radical (unpaired) electrons. The summed E-state index contributed by atoms with van der Waals surface area (Å²) in [5.74, 6) is -0.0785. The van der Waals surface area contributed by atoms with Gasteiger partial charge in [0.2, 0.25) is 0 Å². The quantitative estimate of drug-likeness (QED) is 0.654. The zero-order valence-electron chi connectivity index (χ0n) is 17.4. The number of carbonyl (C=O) groups excluding carboxylic acids is 2. The highest BCUT2D eigenvalue weighted by Crippen LogP contribution is 2.39. The molecule has 1 fully saturated rings. The summed E-state index contributed by atoms with van der Waals surface area (Å²) in [4.78, 5) is 27.8. The molecule has 0 spiro atoms. The van der Waals surface area contributed by atoms with Gasteiger partial charge in [-0.1, -0.05) is 72.8 Å². The first-order chi connectivity index (χ1) is 15.1. The molecule has 2 aliphatic rings. The Morgan fingerprint density at radius 2 is 1.55 bits per heavy atom. The molecule has 1 unspecified atom stereocenters. The van der Waals surface area contributed by atoms with Gasteiger partial charge in [-0.05, 0) is 35.7 Å². The normalized spacial score (nSPS) is 18.4. The molecule has 4 heteroatoms. The first kappa shape index (κ1) is 19.3. The molecule has 0 aromatic heterocycles. The lowest BCUT2D eigenvalue weighted by Crippen LogP contribution is -2.35. The van der Waals surface area contributed by atoms with Crippen LogP contribution in [0.2, 0.25) is 0 Å². The van der Waals surface area contributed by atoms with Crippen molar-refractivity contribution < 1.29 is 9.59 Å². The second-order valence-corrected chi connectivity index (χ2v) is 8.18. The Bertz CT molecular complexity index is 1170. The van der Waals surface area contributed by atoms with Gasteiger partial charge in [-0.3, -0.25) is 9.59 Å². The number of nitrogens with one attached hydrogen (secondary N) is 1. The highest BCUT2D eigenvalue weighted by atomic mass is 16.2. The van der Waals surface area contributed by atoms with Crippen LogP contribution in [0.5, 0.6) is 0 Å².